The lowest BCUT2D eigenvalue weighted by molar-refractivity contribution is -0.126. The quantitative estimate of drug-likeness (QED) is 0.674. The van der Waals surface area contributed by atoms with E-state index in [9.17, 15) is 19.2 Å². The molecule has 1 heterocycles. The average molecular weight is 509 g/mol. The Morgan fingerprint density at radius 3 is 2.08 bits per heavy atom. The van der Waals surface area contributed by atoms with Crippen LogP contribution in [0.25, 0.3) is 0 Å². The van der Waals surface area contributed by atoms with Gasteiger partial charge in [-0.1, -0.05) is 51.1 Å². The van der Waals surface area contributed by atoms with Crippen molar-refractivity contribution in [3.05, 3.63) is 54.6 Å². The maximum absolute atomic E-state index is 13.9. The molecule has 0 aliphatic carbocycles. The number of carbonyl (C=O) groups excluding carboxylic acids is 4. The Morgan fingerprint density at radius 1 is 0.946 bits per heavy atom. The molecule has 0 spiro atoms. The third-order valence-electron chi connectivity index (χ3n) is 5.78. The van der Waals surface area contributed by atoms with Crippen LogP contribution in [0.1, 0.15) is 41.5 Å². The number of hydrogen-bond acceptors (Lipinski definition) is 5. The summed E-state index contributed by atoms with van der Waals surface area (Å²) in [4.78, 5) is 57.6. The molecule has 198 valence electrons. The first-order valence-electron chi connectivity index (χ1n) is 12.2. The molecule has 0 bridgehead atoms. The van der Waals surface area contributed by atoms with Crippen LogP contribution >= 0.6 is 0 Å². The van der Waals surface area contributed by atoms with E-state index < -0.39 is 29.1 Å². The van der Waals surface area contributed by atoms with Crippen LogP contribution < -0.4 is 20.0 Å². The highest BCUT2D eigenvalue weighted by Crippen LogP contribution is 2.35. The summed E-state index contributed by atoms with van der Waals surface area (Å²) in [6.45, 7) is 10.1. The normalized spacial score (nSPS) is 16.0. The fourth-order valence-electron chi connectivity index (χ4n) is 3.94. The van der Waals surface area contributed by atoms with E-state index in [0.29, 0.717) is 17.1 Å². The molecule has 37 heavy (non-hydrogen) atoms. The van der Waals surface area contributed by atoms with Crippen molar-refractivity contribution in [3.63, 3.8) is 0 Å². The summed E-state index contributed by atoms with van der Waals surface area (Å²) in [6.07, 6.45) is -0.785. The number of alkyl carbamates (subject to hydrolysis) is 1. The summed E-state index contributed by atoms with van der Waals surface area (Å²) in [5, 5.41) is 2.63. The van der Waals surface area contributed by atoms with Crippen LogP contribution in [0.4, 0.5) is 21.9 Å². The fraction of sp³-hybridized carbons (Fsp3) is 0.429. The summed E-state index contributed by atoms with van der Waals surface area (Å²) in [5.41, 5.74) is 0.0323. The topological polar surface area (TPSA) is 99.3 Å². The molecule has 1 aliphatic rings. The number of hydrogen-bond donors (Lipinski definition) is 1. The summed E-state index contributed by atoms with van der Waals surface area (Å²) < 4.78 is 5.38. The number of carbonyl (C=O) groups is 4. The molecule has 0 radical (unpaired) electrons. The number of ether oxygens (including phenoxy) is 1. The van der Waals surface area contributed by atoms with E-state index in [0.717, 1.165) is 0 Å². The highest BCUT2D eigenvalue weighted by molar-refractivity contribution is 6.11. The third-order valence-corrected chi connectivity index (χ3v) is 5.78. The molecule has 0 fully saturated rings. The number of nitrogens with zero attached hydrogens (tertiary/aromatic N) is 3. The van der Waals surface area contributed by atoms with Crippen LogP contribution in [0, 0.1) is 5.41 Å². The molecule has 0 saturated heterocycles. The van der Waals surface area contributed by atoms with Crippen molar-refractivity contribution in [1.82, 2.24) is 5.32 Å². The predicted octanol–water partition coefficient (Wildman–Crippen LogP) is 3.97. The zero-order chi connectivity index (χ0) is 27.5. The van der Waals surface area contributed by atoms with Gasteiger partial charge in [-0.15, -0.1) is 0 Å². The van der Waals surface area contributed by atoms with Gasteiger partial charge in [-0.2, -0.15) is 0 Å². The van der Waals surface area contributed by atoms with E-state index in [-0.39, 0.29) is 24.9 Å². The number of likely N-dealkylation sites (N-methyl/N-ethyl adjacent to an activating group) is 1. The van der Waals surface area contributed by atoms with Gasteiger partial charge in [0.25, 0.3) is 5.91 Å². The highest BCUT2D eigenvalue weighted by Gasteiger charge is 2.40. The maximum atomic E-state index is 13.9. The largest absolute Gasteiger partial charge is 0.444 e. The number of amides is 4. The van der Waals surface area contributed by atoms with Gasteiger partial charge in [0, 0.05) is 18.2 Å². The minimum Gasteiger partial charge on any atom is -0.444 e. The first kappa shape index (κ1) is 27.7. The van der Waals surface area contributed by atoms with Gasteiger partial charge in [-0.25, -0.2) is 4.79 Å². The molecule has 1 atom stereocenters. The Kier molecular flexibility index (Phi) is 7.95. The van der Waals surface area contributed by atoms with Crippen molar-refractivity contribution in [1.29, 1.82) is 0 Å². The molecular formula is C28H36N4O5. The number of nitrogens with one attached hydrogen (secondary N) is 1. The first-order chi connectivity index (χ1) is 17.2. The van der Waals surface area contributed by atoms with Crippen molar-refractivity contribution in [2.45, 2.75) is 53.2 Å². The molecule has 9 heteroatoms. The molecule has 2 aromatic carbocycles. The van der Waals surface area contributed by atoms with Crippen molar-refractivity contribution >= 4 is 40.9 Å². The molecule has 1 N–H and O–H groups in total. The third kappa shape index (κ3) is 6.67. The standard InChI is InChI=1S/C28H36N4O5/c1-27(2,3)25(35)32-17-20(29-26(36)37-28(4,5)6)24(34)31(21-15-11-12-16-22(21)32)18-23(33)30(7)19-13-9-8-10-14-19/h8-16,20H,17-18H2,1-7H3,(H,29,36). The van der Waals surface area contributed by atoms with E-state index in [1.807, 2.05) is 18.2 Å². The molecule has 1 aliphatic heterocycles. The molecule has 0 aromatic heterocycles. The van der Waals surface area contributed by atoms with Crippen molar-refractivity contribution in [2.24, 2.45) is 5.41 Å². The van der Waals surface area contributed by atoms with Crippen molar-refractivity contribution in [3.8, 4) is 0 Å². The second kappa shape index (κ2) is 10.6. The first-order valence-corrected chi connectivity index (χ1v) is 12.2. The van der Waals surface area contributed by atoms with Crippen LogP contribution in [0.5, 0.6) is 0 Å². The Hall–Kier alpha value is -3.88. The highest BCUT2D eigenvalue weighted by atomic mass is 16.6. The van der Waals surface area contributed by atoms with Gasteiger partial charge in [-0.05, 0) is 45.0 Å². The summed E-state index contributed by atoms with van der Waals surface area (Å²) in [7, 11) is 1.64. The number of rotatable bonds is 4. The number of anilines is 3. The lowest BCUT2D eigenvalue weighted by Crippen LogP contribution is -2.55. The lowest BCUT2D eigenvalue weighted by Gasteiger charge is -2.31. The summed E-state index contributed by atoms with van der Waals surface area (Å²) in [6, 6.07) is 14.9. The molecule has 3 rings (SSSR count). The average Bonchev–Trinajstić information content (AvgIpc) is 2.92. The molecule has 0 saturated carbocycles. The van der Waals surface area contributed by atoms with Crippen LogP contribution in [-0.2, 0) is 19.1 Å². The number of fused-ring (bicyclic) bond motifs is 1. The monoisotopic (exact) mass is 508 g/mol. The summed E-state index contributed by atoms with van der Waals surface area (Å²) >= 11 is 0. The van der Waals surface area contributed by atoms with Gasteiger partial charge >= 0.3 is 6.09 Å². The zero-order valence-corrected chi connectivity index (χ0v) is 22.6. The zero-order valence-electron chi connectivity index (χ0n) is 22.6. The van der Waals surface area contributed by atoms with E-state index in [2.05, 4.69) is 5.32 Å². The number of para-hydroxylation sites is 3. The predicted molar refractivity (Wildman–Crippen MR) is 144 cm³/mol. The van der Waals surface area contributed by atoms with Gasteiger partial charge in [-0.3, -0.25) is 19.3 Å². The second-order valence-corrected chi connectivity index (χ2v) is 11.1. The van der Waals surface area contributed by atoms with Crippen LogP contribution in [0.2, 0.25) is 0 Å². The van der Waals surface area contributed by atoms with Gasteiger partial charge < -0.3 is 19.9 Å². The van der Waals surface area contributed by atoms with Gasteiger partial charge in [0.15, 0.2) is 0 Å². The van der Waals surface area contributed by atoms with E-state index >= 15 is 0 Å². The molecule has 2 aromatic rings. The Balaban J connectivity index is 2.03. The molecule has 9 nitrogen and oxygen atoms in total. The Morgan fingerprint density at radius 2 is 1.51 bits per heavy atom. The van der Waals surface area contributed by atoms with E-state index in [4.69, 9.17) is 4.74 Å². The minimum absolute atomic E-state index is 0.107. The minimum atomic E-state index is -1.14. The number of benzene rings is 2. The molecular weight excluding hydrogens is 472 g/mol. The van der Waals surface area contributed by atoms with E-state index in [1.165, 1.54) is 14.7 Å². The Labute approximate surface area is 218 Å². The smallest absolute Gasteiger partial charge is 0.408 e. The van der Waals surface area contributed by atoms with Gasteiger partial charge in [0.2, 0.25) is 11.8 Å². The lowest BCUT2D eigenvalue weighted by atomic mass is 9.94. The van der Waals surface area contributed by atoms with Crippen LogP contribution in [0.15, 0.2) is 54.6 Å². The van der Waals surface area contributed by atoms with Crippen LogP contribution in [-0.4, -0.2) is 55.6 Å². The van der Waals surface area contributed by atoms with Gasteiger partial charge in [0.1, 0.15) is 18.2 Å². The molecule has 4 amide bonds. The fourth-order valence-corrected chi connectivity index (χ4v) is 3.94. The maximum Gasteiger partial charge on any atom is 0.408 e. The molecule has 1 unspecified atom stereocenters. The SMILES string of the molecule is CN(C(=O)CN1C(=O)C(NC(=O)OC(C)(C)C)CN(C(=O)C(C)(C)C)c2ccccc21)c1ccccc1. The van der Waals surface area contributed by atoms with Crippen molar-refractivity contribution < 1.29 is 23.9 Å². The summed E-state index contributed by atoms with van der Waals surface area (Å²) in [5.74, 6) is -1.07. The second-order valence-electron chi connectivity index (χ2n) is 11.1. The van der Waals surface area contributed by atoms with Gasteiger partial charge in [0.05, 0.1) is 17.9 Å². The van der Waals surface area contributed by atoms with Crippen LogP contribution in [0.3, 0.4) is 0 Å². The van der Waals surface area contributed by atoms with Crippen molar-refractivity contribution in [2.75, 3.05) is 34.8 Å². The Bertz CT molecular complexity index is 1170. The van der Waals surface area contributed by atoms with E-state index in [1.54, 1.807) is 85.0 Å².